The Morgan fingerprint density at radius 3 is 2.69 bits per heavy atom. The number of rotatable bonds is 3. The molecule has 0 aliphatic heterocycles. The molecule has 1 aromatic carbocycles. The van der Waals surface area contributed by atoms with Crippen LogP contribution in [0.2, 0.25) is 5.02 Å². The van der Waals surface area contributed by atoms with E-state index in [0.717, 1.165) is 0 Å². The fraction of sp³-hybridized carbons (Fsp3) is 0.0833. The average Bonchev–Trinajstić information content (AvgIpc) is 2.32. The molecule has 0 atom stereocenters. The normalized spacial score (nSPS) is 9.88. The van der Waals surface area contributed by atoms with E-state index in [1.807, 2.05) is 30.3 Å². The molecule has 2 aromatic rings. The Morgan fingerprint density at radius 2 is 1.94 bits per heavy atom. The lowest BCUT2D eigenvalue weighted by molar-refractivity contribution is -0.885. The van der Waals surface area contributed by atoms with E-state index in [-0.39, 0.29) is 0 Å². The topological polar surface area (TPSA) is 22.3 Å². The number of halogens is 1. The Hall–Kier alpha value is -1.74. The Morgan fingerprint density at radius 1 is 1.12 bits per heavy atom. The van der Waals surface area contributed by atoms with Crippen molar-refractivity contribution in [3.05, 3.63) is 53.8 Å². The van der Waals surface area contributed by atoms with Crippen molar-refractivity contribution in [3.8, 4) is 11.5 Å². The van der Waals surface area contributed by atoms with Crippen molar-refractivity contribution in [1.29, 1.82) is 0 Å². The molecule has 4 heteroatoms. The Labute approximate surface area is 98.8 Å². The molecule has 16 heavy (non-hydrogen) atoms. The van der Waals surface area contributed by atoms with E-state index in [0.29, 0.717) is 16.5 Å². The summed E-state index contributed by atoms with van der Waals surface area (Å²) in [6.45, 7) is 0. The molecule has 1 heterocycles. The van der Waals surface area contributed by atoms with Crippen molar-refractivity contribution in [1.82, 2.24) is 0 Å². The highest BCUT2D eigenvalue weighted by molar-refractivity contribution is 6.32. The van der Waals surface area contributed by atoms with Crippen LogP contribution < -0.4 is 14.3 Å². The summed E-state index contributed by atoms with van der Waals surface area (Å²) in [6, 6.07) is 11.0. The molecule has 0 fully saturated rings. The van der Waals surface area contributed by atoms with E-state index in [9.17, 15) is 0 Å². The van der Waals surface area contributed by atoms with Crippen molar-refractivity contribution in [2.45, 2.75) is 0 Å². The zero-order valence-corrected chi connectivity index (χ0v) is 9.52. The number of hydrogen-bond donors (Lipinski definition) is 0. The van der Waals surface area contributed by atoms with Crippen LogP contribution in [0.1, 0.15) is 0 Å². The SMILES string of the molecule is CO[n+]1cccc(Oc2ccccc2Cl)c1. The zero-order chi connectivity index (χ0) is 11.4. The van der Waals surface area contributed by atoms with Gasteiger partial charge in [0.15, 0.2) is 5.75 Å². The van der Waals surface area contributed by atoms with Crippen LogP contribution in [0.4, 0.5) is 0 Å². The summed E-state index contributed by atoms with van der Waals surface area (Å²) in [5.74, 6) is 1.29. The maximum absolute atomic E-state index is 5.98. The molecule has 3 nitrogen and oxygen atoms in total. The van der Waals surface area contributed by atoms with Crippen LogP contribution in [0.3, 0.4) is 0 Å². The molecule has 0 bridgehead atoms. The first kappa shape index (κ1) is 10.8. The first-order valence-electron chi connectivity index (χ1n) is 4.78. The number of para-hydroxylation sites is 1. The predicted octanol–water partition coefficient (Wildman–Crippen LogP) is 2.48. The summed E-state index contributed by atoms with van der Waals surface area (Å²) in [7, 11) is 1.58. The minimum atomic E-state index is 0.579. The van der Waals surface area contributed by atoms with Gasteiger partial charge < -0.3 is 4.74 Å². The third-order valence-electron chi connectivity index (χ3n) is 2.02. The number of hydrogen-bond acceptors (Lipinski definition) is 2. The van der Waals surface area contributed by atoms with Crippen molar-refractivity contribution in [3.63, 3.8) is 0 Å². The maximum Gasteiger partial charge on any atom is 0.264 e. The van der Waals surface area contributed by atoms with Crippen LogP contribution in [0, 0.1) is 0 Å². The number of aromatic nitrogens is 1. The van der Waals surface area contributed by atoms with Gasteiger partial charge in [-0.3, -0.25) is 4.84 Å². The quantitative estimate of drug-likeness (QED) is 0.764. The van der Waals surface area contributed by atoms with Crippen molar-refractivity contribution >= 4 is 11.6 Å². The molecule has 0 unspecified atom stereocenters. The van der Waals surface area contributed by atoms with Gasteiger partial charge >= 0.3 is 0 Å². The molecule has 0 aliphatic carbocycles. The monoisotopic (exact) mass is 236 g/mol. The van der Waals surface area contributed by atoms with Gasteiger partial charge in [0.2, 0.25) is 6.20 Å². The standard InChI is InChI=1S/C12H11ClNO2/c1-15-14-8-4-5-10(9-14)16-12-7-3-2-6-11(12)13/h2-9H,1H3/q+1. The summed E-state index contributed by atoms with van der Waals surface area (Å²) in [5.41, 5.74) is 0. The van der Waals surface area contributed by atoms with Gasteiger partial charge in [0.05, 0.1) is 5.02 Å². The minimum Gasteiger partial charge on any atom is -0.449 e. The van der Waals surface area contributed by atoms with Crippen molar-refractivity contribution < 1.29 is 14.3 Å². The van der Waals surface area contributed by atoms with Crippen LogP contribution in [-0.2, 0) is 0 Å². The Kier molecular flexibility index (Phi) is 3.27. The third-order valence-corrected chi connectivity index (χ3v) is 2.34. The van der Waals surface area contributed by atoms with Gasteiger partial charge in [-0.2, -0.15) is 0 Å². The second-order valence-corrected chi connectivity index (χ2v) is 3.52. The Balaban J connectivity index is 2.24. The summed E-state index contributed by atoms with van der Waals surface area (Å²) >= 11 is 5.98. The van der Waals surface area contributed by atoms with Crippen LogP contribution in [-0.4, -0.2) is 7.11 Å². The lowest BCUT2D eigenvalue weighted by atomic mass is 10.3. The van der Waals surface area contributed by atoms with Crippen molar-refractivity contribution in [2.75, 3.05) is 7.11 Å². The summed E-state index contributed by atoms with van der Waals surface area (Å²) in [5, 5.41) is 0.579. The molecule has 0 saturated carbocycles. The van der Waals surface area contributed by atoms with E-state index >= 15 is 0 Å². The molecule has 0 aliphatic rings. The van der Waals surface area contributed by atoms with Gasteiger partial charge in [-0.25, -0.2) is 0 Å². The van der Waals surface area contributed by atoms with Crippen LogP contribution in [0.25, 0.3) is 0 Å². The highest BCUT2D eigenvalue weighted by Crippen LogP contribution is 2.27. The fourth-order valence-corrected chi connectivity index (χ4v) is 1.44. The van der Waals surface area contributed by atoms with E-state index < -0.39 is 0 Å². The number of ether oxygens (including phenoxy) is 1. The minimum absolute atomic E-state index is 0.579. The van der Waals surface area contributed by atoms with Gasteiger partial charge in [-0.05, 0) is 18.2 Å². The van der Waals surface area contributed by atoms with Crippen LogP contribution in [0.5, 0.6) is 11.5 Å². The number of benzene rings is 1. The molecule has 0 amide bonds. The zero-order valence-electron chi connectivity index (χ0n) is 8.76. The van der Waals surface area contributed by atoms with Crippen molar-refractivity contribution in [2.24, 2.45) is 0 Å². The molecule has 0 radical (unpaired) electrons. The molecular weight excluding hydrogens is 226 g/mol. The summed E-state index contributed by atoms with van der Waals surface area (Å²) in [6.07, 6.45) is 3.50. The fourth-order valence-electron chi connectivity index (χ4n) is 1.26. The van der Waals surface area contributed by atoms with E-state index in [2.05, 4.69) is 0 Å². The second-order valence-electron chi connectivity index (χ2n) is 3.11. The molecular formula is C12H11ClNO2+. The van der Waals surface area contributed by atoms with E-state index in [1.165, 1.54) is 0 Å². The van der Waals surface area contributed by atoms with E-state index in [1.54, 1.807) is 30.3 Å². The average molecular weight is 237 g/mol. The summed E-state index contributed by atoms with van der Waals surface area (Å²) < 4.78 is 7.17. The molecule has 0 spiro atoms. The molecule has 0 saturated heterocycles. The van der Waals surface area contributed by atoms with Gasteiger partial charge in [-0.15, -0.1) is 0 Å². The maximum atomic E-state index is 5.98. The highest BCUT2D eigenvalue weighted by Gasteiger charge is 2.06. The summed E-state index contributed by atoms with van der Waals surface area (Å²) in [4.78, 5) is 5.03. The number of pyridine rings is 1. The molecule has 2 rings (SSSR count). The molecule has 1 aromatic heterocycles. The second kappa shape index (κ2) is 4.86. The highest BCUT2D eigenvalue weighted by atomic mass is 35.5. The van der Waals surface area contributed by atoms with Gasteiger partial charge in [0.1, 0.15) is 12.9 Å². The Bertz CT molecular complexity index is 488. The first-order chi connectivity index (χ1) is 7.79. The van der Waals surface area contributed by atoms with Gasteiger partial charge in [0.25, 0.3) is 6.20 Å². The third kappa shape index (κ3) is 2.44. The van der Waals surface area contributed by atoms with Crippen LogP contribution >= 0.6 is 11.6 Å². The van der Waals surface area contributed by atoms with E-state index in [4.69, 9.17) is 21.2 Å². The largest absolute Gasteiger partial charge is 0.449 e. The first-order valence-corrected chi connectivity index (χ1v) is 5.15. The molecule has 0 N–H and O–H groups in total. The smallest absolute Gasteiger partial charge is 0.264 e. The van der Waals surface area contributed by atoms with Gasteiger partial charge in [0, 0.05) is 10.8 Å². The number of nitrogens with zero attached hydrogens (tertiary/aromatic N) is 1. The van der Waals surface area contributed by atoms with Gasteiger partial charge in [-0.1, -0.05) is 23.7 Å². The predicted molar refractivity (Wildman–Crippen MR) is 60.7 cm³/mol. The molecule has 82 valence electrons. The lowest BCUT2D eigenvalue weighted by Crippen LogP contribution is -2.39. The van der Waals surface area contributed by atoms with Crippen LogP contribution in [0.15, 0.2) is 48.8 Å². The lowest BCUT2D eigenvalue weighted by Gasteiger charge is -2.04.